The van der Waals surface area contributed by atoms with E-state index in [1.807, 2.05) is 0 Å². The number of aliphatic hydroxyl groups is 4. The zero-order chi connectivity index (χ0) is 11.1. The van der Waals surface area contributed by atoms with E-state index in [1.165, 1.54) is 0 Å². The molecule has 0 heterocycles. The van der Waals surface area contributed by atoms with Gasteiger partial charge in [0.05, 0.1) is 6.61 Å². The highest BCUT2D eigenvalue weighted by atomic mass is 16.5. The Kier molecular flexibility index (Phi) is 6.60. The minimum absolute atomic E-state index is 0.0846. The predicted molar refractivity (Wildman–Crippen MR) is 46.6 cm³/mol. The number of ether oxygens (including phenoxy) is 1. The first-order valence-electron chi connectivity index (χ1n) is 4.29. The fourth-order valence-electron chi connectivity index (χ4n) is 0.847. The van der Waals surface area contributed by atoms with Gasteiger partial charge >= 0.3 is 0 Å². The summed E-state index contributed by atoms with van der Waals surface area (Å²) in [5.41, 5.74) is 0. The molecular weight excluding hydrogens is 192 g/mol. The topological polar surface area (TPSA) is 107 Å². The lowest BCUT2D eigenvalue weighted by atomic mass is 10.0. The van der Waals surface area contributed by atoms with Crippen LogP contribution in [0.15, 0.2) is 0 Å². The van der Waals surface area contributed by atoms with Crippen molar-refractivity contribution >= 4 is 6.29 Å². The highest BCUT2D eigenvalue weighted by Crippen LogP contribution is 2.04. The lowest BCUT2D eigenvalue weighted by Crippen LogP contribution is -2.46. The normalized spacial score (nSPS) is 19.8. The van der Waals surface area contributed by atoms with Gasteiger partial charge in [0.25, 0.3) is 0 Å². The van der Waals surface area contributed by atoms with E-state index in [-0.39, 0.29) is 12.9 Å². The van der Waals surface area contributed by atoms with Gasteiger partial charge in [0.15, 0.2) is 6.29 Å². The highest BCUT2D eigenvalue weighted by Gasteiger charge is 2.29. The molecule has 0 amide bonds. The molecule has 0 aliphatic carbocycles. The SMILES string of the molecule is CCOCC(O)C(O)C(O)C(O)C=O. The minimum Gasteiger partial charge on any atom is -0.388 e. The molecule has 0 rings (SSSR count). The van der Waals surface area contributed by atoms with Gasteiger partial charge in [-0.1, -0.05) is 0 Å². The number of rotatable bonds is 7. The van der Waals surface area contributed by atoms with Crippen molar-refractivity contribution in [3.8, 4) is 0 Å². The van der Waals surface area contributed by atoms with Crippen LogP contribution in [0, 0.1) is 0 Å². The molecule has 0 aliphatic rings. The summed E-state index contributed by atoms with van der Waals surface area (Å²) in [5.74, 6) is 0. The van der Waals surface area contributed by atoms with Gasteiger partial charge in [0, 0.05) is 6.61 Å². The summed E-state index contributed by atoms with van der Waals surface area (Å²) in [7, 11) is 0. The molecular formula is C8H16O6. The molecule has 14 heavy (non-hydrogen) atoms. The van der Waals surface area contributed by atoms with E-state index in [0.29, 0.717) is 6.61 Å². The maximum atomic E-state index is 10.1. The van der Waals surface area contributed by atoms with Crippen LogP contribution in [-0.2, 0) is 9.53 Å². The second-order valence-corrected chi connectivity index (χ2v) is 2.83. The Balaban J connectivity index is 4.02. The van der Waals surface area contributed by atoms with E-state index in [1.54, 1.807) is 6.92 Å². The maximum Gasteiger partial charge on any atom is 0.151 e. The third-order valence-electron chi connectivity index (χ3n) is 1.73. The average Bonchev–Trinajstić information content (AvgIpc) is 2.22. The van der Waals surface area contributed by atoms with Gasteiger partial charge in [0.1, 0.15) is 24.4 Å². The van der Waals surface area contributed by atoms with Crippen molar-refractivity contribution in [1.29, 1.82) is 0 Å². The van der Waals surface area contributed by atoms with E-state index in [9.17, 15) is 15.0 Å². The monoisotopic (exact) mass is 208 g/mol. The minimum atomic E-state index is -1.71. The van der Waals surface area contributed by atoms with Crippen LogP contribution in [0.25, 0.3) is 0 Å². The molecule has 0 radical (unpaired) electrons. The highest BCUT2D eigenvalue weighted by molar-refractivity contribution is 5.56. The number of hydrogen-bond donors (Lipinski definition) is 4. The Bertz CT molecular complexity index is 162. The second kappa shape index (κ2) is 6.86. The van der Waals surface area contributed by atoms with Crippen molar-refractivity contribution in [3.05, 3.63) is 0 Å². The fraction of sp³-hybridized carbons (Fsp3) is 0.875. The molecule has 0 aromatic rings. The molecule has 4 N–H and O–H groups in total. The summed E-state index contributed by atoms with van der Waals surface area (Å²) in [6.45, 7) is 1.90. The Morgan fingerprint density at radius 3 is 2.21 bits per heavy atom. The van der Waals surface area contributed by atoms with Crippen LogP contribution < -0.4 is 0 Å². The molecule has 6 heteroatoms. The van der Waals surface area contributed by atoms with Gasteiger partial charge in [-0.25, -0.2) is 0 Å². The number of hydrogen-bond acceptors (Lipinski definition) is 6. The summed E-state index contributed by atoms with van der Waals surface area (Å²) in [4.78, 5) is 10.1. The zero-order valence-corrected chi connectivity index (χ0v) is 7.91. The van der Waals surface area contributed by atoms with Crippen molar-refractivity contribution in [2.45, 2.75) is 31.3 Å². The lowest BCUT2D eigenvalue weighted by Gasteiger charge is -2.23. The maximum absolute atomic E-state index is 10.1. The van der Waals surface area contributed by atoms with E-state index in [2.05, 4.69) is 0 Å². The quantitative estimate of drug-likeness (QED) is 0.349. The number of carbonyl (C=O) groups is 1. The van der Waals surface area contributed by atoms with Crippen molar-refractivity contribution in [3.63, 3.8) is 0 Å². The Morgan fingerprint density at radius 2 is 1.79 bits per heavy atom. The van der Waals surface area contributed by atoms with Crippen LogP contribution in [0.4, 0.5) is 0 Å². The van der Waals surface area contributed by atoms with Crippen molar-refractivity contribution in [2.75, 3.05) is 13.2 Å². The molecule has 0 aliphatic heterocycles. The van der Waals surface area contributed by atoms with Crippen LogP contribution in [-0.4, -0.2) is 64.3 Å². The van der Waals surface area contributed by atoms with Crippen LogP contribution in [0.2, 0.25) is 0 Å². The summed E-state index contributed by atoms with van der Waals surface area (Å²) in [6.07, 6.45) is -6.27. The second-order valence-electron chi connectivity index (χ2n) is 2.83. The zero-order valence-electron chi connectivity index (χ0n) is 7.91. The van der Waals surface area contributed by atoms with E-state index in [4.69, 9.17) is 14.9 Å². The fourth-order valence-corrected chi connectivity index (χ4v) is 0.847. The molecule has 0 saturated heterocycles. The molecule has 0 aromatic heterocycles. The van der Waals surface area contributed by atoms with Gasteiger partial charge in [-0.05, 0) is 6.92 Å². The standard InChI is InChI=1S/C8H16O6/c1-2-14-4-6(11)8(13)7(12)5(10)3-9/h3,5-8,10-13H,2,4H2,1H3. The molecule has 4 unspecified atom stereocenters. The Labute approximate surface area is 81.7 Å². The number of carbonyl (C=O) groups excluding carboxylic acids is 1. The third-order valence-corrected chi connectivity index (χ3v) is 1.73. The molecule has 0 bridgehead atoms. The third kappa shape index (κ3) is 4.12. The summed E-state index contributed by atoms with van der Waals surface area (Å²) in [6, 6.07) is 0. The molecule has 0 saturated carbocycles. The van der Waals surface area contributed by atoms with E-state index in [0.717, 1.165) is 0 Å². The van der Waals surface area contributed by atoms with Gasteiger partial charge < -0.3 is 30.0 Å². The molecule has 4 atom stereocenters. The van der Waals surface area contributed by atoms with Crippen molar-refractivity contribution in [2.24, 2.45) is 0 Å². The molecule has 6 nitrogen and oxygen atoms in total. The largest absolute Gasteiger partial charge is 0.388 e. The van der Waals surface area contributed by atoms with Crippen molar-refractivity contribution in [1.82, 2.24) is 0 Å². The molecule has 0 aromatic carbocycles. The first-order chi connectivity index (χ1) is 6.54. The lowest BCUT2D eigenvalue weighted by molar-refractivity contribution is -0.138. The molecule has 0 spiro atoms. The van der Waals surface area contributed by atoms with E-state index < -0.39 is 24.4 Å². The number of aldehydes is 1. The van der Waals surface area contributed by atoms with Crippen LogP contribution in [0.3, 0.4) is 0 Å². The van der Waals surface area contributed by atoms with Gasteiger partial charge in [-0.2, -0.15) is 0 Å². The molecule has 0 fully saturated rings. The summed E-state index contributed by atoms with van der Waals surface area (Å²) >= 11 is 0. The van der Waals surface area contributed by atoms with Crippen LogP contribution in [0.5, 0.6) is 0 Å². The first-order valence-corrected chi connectivity index (χ1v) is 4.29. The first kappa shape index (κ1) is 13.5. The smallest absolute Gasteiger partial charge is 0.151 e. The van der Waals surface area contributed by atoms with E-state index >= 15 is 0 Å². The Hall–Kier alpha value is -0.530. The van der Waals surface area contributed by atoms with Gasteiger partial charge in [0.2, 0.25) is 0 Å². The van der Waals surface area contributed by atoms with Crippen LogP contribution in [0.1, 0.15) is 6.92 Å². The summed E-state index contributed by atoms with van der Waals surface area (Å²) < 4.78 is 4.79. The van der Waals surface area contributed by atoms with Gasteiger partial charge in [-0.15, -0.1) is 0 Å². The molecule has 84 valence electrons. The van der Waals surface area contributed by atoms with Crippen molar-refractivity contribution < 1.29 is 30.0 Å². The average molecular weight is 208 g/mol. The summed E-state index contributed by atoms with van der Waals surface area (Å²) in [5, 5.41) is 36.4. The van der Waals surface area contributed by atoms with Gasteiger partial charge in [-0.3, -0.25) is 0 Å². The Morgan fingerprint density at radius 1 is 1.21 bits per heavy atom. The van der Waals surface area contributed by atoms with Crippen LogP contribution >= 0.6 is 0 Å². The predicted octanol–water partition coefficient (Wildman–Crippen LogP) is -2.33. The number of aliphatic hydroxyl groups excluding tert-OH is 4.